The lowest BCUT2D eigenvalue weighted by Gasteiger charge is -2.13. The molecule has 0 bridgehead atoms. The lowest BCUT2D eigenvalue weighted by atomic mass is 10.1. The zero-order chi connectivity index (χ0) is 17.4. The standard InChI is InChI=1S/C17H19IN6S/c1-24-15(18)13(14-16(19)21-10-22-17(14)24)11-5-6-12(20-9-11)23-25-7-3-2-4-8-25/h5-6,9-10H,2-4,7-8H2,1H3,(H2,19,21,22). The van der Waals surface area contributed by atoms with Gasteiger partial charge in [-0.1, -0.05) is 17.1 Å². The van der Waals surface area contributed by atoms with Gasteiger partial charge in [0.25, 0.3) is 0 Å². The highest BCUT2D eigenvalue weighted by molar-refractivity contribution is 14.1. The molecule has 0 atom stereocenters. The van der Waals surface area contributed by atoms with Crippen LogP contribution in [0.1, 0.15) is 19.3 Å². The van der Waals surface area contributed by atoms with E-state index in [1.165, 1.54) is 37.1 Å². The van der Waals surface area contributed by atoms with Gasteiger partial charge in [-0.25, -0.2) is 19.3 Å². The number of hydrogen-bond donors (Lipinski definition) is 1. The van der Waals surface area contributed by atoms with Gasteiger partial charge >= 0.3 is 0 Å². The minimum Gasteiger partial charge on any atom is -0.383 e. The molecule has 0 amide bonds. The number of pyridine rings is 1. The Kier molecular flexibility index (Phi) is 4.72. The summed E-state index contributed by atoms with van der Waals surface area (Å²) in [6.07, 6.45) is 7.31. The van der Waals surface area contributed by atoms with Gasteiger partial charge in [0.15, 0.2) is 5.82 Å². The highest BCUT2D eigenvalue weighted by atomic mass is 127. The van der Waals surface area contributed by atoms with Crippen LogP contribution in [0.4, 0.5) is 11.6 Å². The number of nitrogens with zero attached hydrogens (tertiary/aromatic N) is 5. The Morgan fingerprint density at radius 2 is 1.96 bits per heavy atom. The van der Waals surface area contributed by atoms with E-state index in [1.807, 2.05) is 23.9 Å². The number of nitrogens with two attached hydrogens (primary N) is 1. The van der Waals surface area contributed by atoms with Crippen molar-refractivity contribution in [3.63, 3.8) is 0 Å². The van der Waals surface area contributed by atoms with Crippen molar-refractivity contribution in [2.45, 2.75) is 19.3 Å². The second-order valence-electron chi connectivity index (χ2n) is 6.11. The maximum atomic E-state index is 6.12. The molecule has 6 nitrogen and oxygen atoms in total. The van der Waals surface area contributed by atoms with Gasteiger partial charge in [0.2, 0.25) is 0 Å². The fourth-order valence-corrected chi connectivity index (χ4v) is 5.78. The van der Waals surface area contributed by atoms with Crippen LogP contribution in [-0.4, -0.2) is 31.0 Å². The Morgan fingerprint density at radius 3 is 2.68 bits per heavy atom. The van der Waals surface area contributed by atoms with Gasteiger partial charge in [-0.15, -0.1) is 0 Å². The summed E-state index contributed by atoms with van der Waals surface area (Å²) in [6, 6.07) is 4.08. The maximum absolute atomic E-state index is 6.12. The fraction of sp³-hybridized carbons (Fsp3) is 0.353. The first-order chi connectivity index (χ1) is 12.1. The average Bonchev–Trinajstić information content (AvgIpc) is 2.89. The van der Waals surface area contributed by atoms with E-state index in [1.54, 1.807) is 0 Å². The molecule has 4 heterocycles. The van der Waals surface area contributed by atoms with E-state index in [9.17, 15) is 0 Å². The van der Waals surface area contributed by atoms with Crippen molar-refractivity contribution >= 4 is 56.0 Å². The molecule has 4 rings (SSSR count). The van der Waals surface area contributed by atoms with Crippen molar-refractivity contribution in [1.82, 2.24) is 19.5 Å². The Morgan fingerprint density at radius 1 is 1.16 bits per heavy atom. The number of halogens is 1. The van der Waals surface area contributed by atoms with Crippen molar-refractivity contribution in [2.75, 3.05) is 17.2 Å². The van der Waals surface area contributed by atoms with E-state index in [2.05, 4.69) is 43.6 Å². The quantitative estimate of drug-likeness (QED) is 0.582. The first-order valence-corrected chi connectivity index (χ1v) is 10.8. The van der Waals surface area contributed by atoms with Gasteiger partial charge in [0.05, 0.1) is 9.09 Å². The molecule has 130 valence electrons. The molecule has 1 aliphatic heterocycles. The van der Waals surface area contributed by atoms with Crippen LogP contribution in [0, 0.1) is 3.70 Å². The molecular formula is C17H19IN6S. The summed E-state index contributed by atoms with van der Waals surface area (Å²) < 4.78 is 7.92. The Balaban J connectivity index is 1.76. The summed E-state index contributed by atoms with van der Waals surface area (Å²) in [5, 5.41) is 0.884. The summed E-state index contributed by atoms with van der Waals surface area (Å²) >= 11 is 2.32. The highest BCUT2D eigenvalue weighted by Crippen LogP contribution is 2.36. The van der Waals surface area contributed by atoms with Crippen molar-refractivity contribution < 1.29 is 0 Å². The molecule has 2 N–H and O–H groups in total. The largest absolute Gasteiger partial charge is 0.383 e. The van der Waals surface area contributed by atoms with Crippen LogP contribution in [-0.2, 0) is 17.7 Å². The predicted molar refractivity (Wildman–Crippen MR) is 112 cm³/mol. The summed E-state index contributed by atoms with van der Waals surface area (Å²) in [6.45, 7) is 0. The Hall–Kier alpha value is -1.55. The number of rotatable bonds is 2. The van der Waals surface area contributed by atoms with E-state index in [0.717, 1.165) is 31.7 Å². The monoisotopic (exact) mass is 466 g/mol. The van der Waals surface area contributed by atoms with Crippen LogP contribution in [0.25, 0.3) is 22.2 Å². The van der Waals surface area contributed by atoms with Crippen LogP contribution in [0.3, 0.4) is 0 Å². The molecule has 3 aromatic heterocycles. The van der Waals surface area contributed by atoms with Crippen LogP contribution < -0.4 is 5.73 Å². The van der Waals surface area contributed by atoms with Crippen molar-refractivity contribution in [3.05, 3.63) is 28.4 Å². The number of hydrogen-bond acceptors (Lipinski definition) is 5. The predicted octanol–water partition coefficient (Wildman–Crippen LogP) is 3.83. The minimum atomic E-state index is 0.144. The smallest absolute Gasteiger partial charge is 0.158 e. The van der Waals surface area contributed by atoms with Gasteiger partial charge in [-0.2, -0.15) is 0 Å². The molecule has 3 aromatic rings. The van der Waals surface area contributed by atoms with Gasteiger partial charge in [0.1, 0.15) is 17.8 Å². The first kappa shape index (κ1) is 16.9. The SMILES string of the molecule is Cn1c(I)c(-c2ccc(N=S3CCCCC3)nc2)c2c(N)ncnc21. The van der Waals surface area contributed by atoms with E-state index in [0.29, 0.717) is 5.82 Å². The van der Waals surface area contributed by atoms with Gasteiger partial charge in [-0.3, -0.25) is 0 Å². The normalized spacial score (nSPS) is 15.6. The third-order valence-electron chi connectivity index (χ3n) is 4.44. The van der Waals surface area contributed by atoms with Crippen LogP contribution >= 0.6 is 22.6 Å². The van der Waals surface area contributed by atoms with Crippen LogP contribution in [0.5, 0.6) is 0 Å². The Bertz CT molecular complexity index is 955. The molecule has 8 heteroatoms. The third kappa shape index (κ3) is 3.17. The second kappa shape index (κ2) is 6.99. The first-order valence-electron chi connectivity index (χ1n) is 8.25. The number of nitrogen functional groups attached to an aromatic ring is 1. The van der Waals surface area contributed by atoms with Gasteiger partial charge < -0.3 is 10.3 Å². The number of aryl methyl sites for hydroxylation is 1. The van der Waals surface area contributed by atoms with Gasteiger partial charge in [-0.05, 0) is 47.6 Å². The van der Waals surface area contributed by atoms with Gasteiger partial charge in [0, 0.05) is 35.9 Å². The zero-order valence-electron chi connectivity index (χ0n) is 13.9. The molecule has 0 saturated carbocycles. The summed E-state index contributed by atoms with van der Waals surface area (Å²) in [5.74, 6) is 3.74. The highest BCUT2D eigenvalue weighted by Gasteiger charge is 2.19. The van der Waals surface area contributed by atoms with E-state index in [-0.39, 0.29) is 10.7 Å². The molecule has 1 aliphatic rings. The topological polar surface area (TPSA) is 82.0 Å². The summed E-state index contributed by atoms with van der Waals surface area (Å²) in [5.41, 5.74) is 9.02. The molecule has 1 saturated heterocycles. The molecule has 1 fully saturated rings. The van der Waals surface area contributed by atoms with E-state index >= 15 is 0 Å². The molecule has 0 aliphatic carbocycles. The molecule has 0 spiro atoms. The average molecular weight is 466 g/mol. The van der Waals surface area contributed by atoms with Crippen LogP contribution in [0.15, 0.2) is 29.0 Å². The van der Waals surface area contributed by atoms with Crippen molar-refractivity contribution in [2.24, 2.45) is 11.4 Å². The summed E-state index contributed by atoms with van der Waals surface area (Å²) in [7, 11) is 2.13. The lowest BCUT2D eigenvalue weighted by Crippen LogP contribution is -2.08. The minimum absolute atomic E-state index is 0.144. The van der Waals surface area contributed by atoms with Crippen molar-refractivity contribution in [1.29, 1.82) is 0 Å². The molecule has 0 unspecified atom stereocenters. The lowest BCUT2D eigenvalue weighted by molar-refractivity contribution is 0.759. The molecule has 25 heavy (non-hydrogen) atoms. The third-order valence-corrected chi connectivity index (χ3v) is 7.67. The molecular weight excluding hydrogens is 447 g/mol. The fourth-order valence-electron chi connectivity index (χ4n) is 3.14. The Labute approximate surface area is 162 Å². The second-order valence-corrected chi connectivity index (χ2v) is 9.06. The summed E-state index contributed by atoms with van der Waals surface area (Å²) in [4.78, 5) is 13.1. The van der Waals surface area contributed by atoms with Crippen molar-refractivity contribution in [3.8, 4) is 11.1 Å². The van der Waals surface area contributed by atoms with E-state index in [4.69, 9.17) is 10.1 Å². The van der Waals surface area contributed by atoms with Crippen LogP contribution in [0.2, 0.25) is 0 Å². The number of fused-ring (bicyclic) bond motifs is 1. The number of aromatic nitrogens is 4. The number of anilines is 1. The molecule has 0 aromatic carbocycles. The zero-order valence-corrected chi connectivity index (χ0v) is 16.9. The maximum Gasteiger partial charge on any atom is 0.158 e. The van der Waals surface area contributed by atoms with E-state index < -0.39 is 0 Å². The molecule has 0 radical (unpaired) electrons.